The van der Waals surface area contributed by atoms with Crippen LogP contribution in [0.2, 0.25) is 0 Å². The van der Waals surface area contributed by atoms with Crippen LogP contribution >= 0.6 is 0 Å². The van der Waals surface area contributed by atoms with Crippen LogP contribution in [0.5, 0.6) is 0 Å². The topological polar surface area (TPSA) is 29.5 Å². The summed E-state index contributed by atoms with van der Waals surface area (Å²) in [5.41, 5.74) is 0. The average Bonchev–Trinajstić information content (AvgIpc) is 2.37. The van der Waals surface area contributed by atoms with Crippen LogP contribution in [-0.4, -0.2) is 31.1 Å². The second-order valence-electron chi connectivity index (χ2n) is 2.53. The number of carbonyl (C=O) groups excluding carboxylic acids is 1. The van der Waals surface area contributed by atoms with E-state index < -0.39 is 0 Å². The van der Waals surface area contributed by atoms with E-state index in [1.165, 1.54) is 0 Å². The molecular weight excluding hydrogens is 142 g/mol. The summed E-state index contributed by atoms with van der Waals surface area (Å²) in [4.78, 5) is 12.7. The summed E-state index contributed by atoms with van der Waals surface area (Å²) in [6.45, 7) is 1.43. The molecule has 0 unspecified atom stereocenters. The molecular formula is C8H13NO2. The third-order valence-electron chi connectivity index (χ3n) is 1.66. The van der Waals surface area contributed by atoms with Crippen molar-refractivity contribution in [3.05, 3.63) is 12.3 Å². The molecule has 1 aliphatic rings. The van der Waals surface area contributed by atoms with E-state index in [0.29, 0.717) is 13.0 Å². The summed E-state index contributed by atoms with van der Waals surface area (Å²) in [6, 6.07) is 0. The fourth-order valence-electron chi connectivity index (χ4n) is 1.09. The van der Waals surface area contributed by atoms with E-state index in [1.54, 1.807) is 18.2 Å². The highest BCUT2D eigenvalue weighted by molar-refractivity contribution is 5.79. The summed E-state index contributed by atoms with van der Waals surface area (Å²) in [7, 11) is 1.64. The van der Waals surface area contributed by atoms with Crippen molar-refractivity contribution in [1.29, 1.82) is 0 Å². The molecule has 0 aromatic heterocycles. The Morgan fingerprint density at radius 2 is 2.55 bits per heavy atom. The summed E-state index contributed by atoms with van der Waals surface area (Å²) in [5, 5.41) is 0. The Morgan fingerprint density at radius 1 is 1.73 bits per heavy atom. The number of methoxy groups -OCH3 is 1. The van der Waals surface area contributed by atoms with Crippen molar-refractivity contribution in [1.82, 2.24) is 4.90 Å². The normalized spacial score (nSPS) is 18.6. The molecule has 0 radical (unpaired) electrons. The molecule has 62 valence electrons. The molecule has 11 heavy (non-hydrogen) atoms. The number of hydrogen-bond donors (Lipinski definition) is 0. The van der Waals surface area contributed by atoms with Gasteiger partial charge in [0.1, 0.15) is 0 Å². The number of nitrogens with zero attached hydrogens (tertiary/aromatic N) is 1. The van der Waals surface area contributed by atoms with Gasteiger partial charge in [0, 0.05) is 26.3 Å². The highest BCUT2D eigenvalue weighted by Gasteiger charge is 2.16. The van der Waals surface area contributed by atoms with E-state index in [1.807, 2.05) is 6.08 Å². The van der Waals surface area contributed by atoms with Crippen molar-refractivity contribution >= 4 is 5.91 Å². The van der Waals surface area contributed by atoms with Crippen LogP contribution in [0.15, 0.2) is 12.3 Å². The Labute approximate surface area is 66.6 Å². The summed E-state index contributed by atoms with van der Waals surface area (Å²) in [5.74, 6) is 0.220. The lowest BCUT2D eigenvalue weighted by atomic mass is 10.4. The summed E-state index contributed by atoms with van der Waals surface area (Å²) < 4.78 is 4.81. The van der Waals surface area contributed by atoms with Crippen LogP contribution in [0.3, 0.4) is 0 Å². The highest BCUT2D eigenvalue weighted by atomic mass is 16.5. The van der Waals surface area contributed by atoms with E-state index in [2.05, 4.69) is 0 Å². The maximum Gasteiger partial charge on any atom is 0.226 e. The maximum atomic E-state index is 11.0. The molecule has 1 rings (SSSR count). The van der Waals surface area contributed by atoms with Gasteiger partial charge in [0.05, 0.1) is 6.61 Å². The van der Waals surface area contributed by atoms with Crippen LogP contribution in [0.1, 0.15) is 12.8 Å². The lowest BCUT2D eigenvalue weighted by molar-refractivity contribution is -0.125. The van der Waals surface area contributed by atoms with Crippen LogP contribution in [0.25, 0.3) is 0 Å². The summed E-state index contributed by atoms with van der Waals surface area (Å²) in [6.07, 6.45) is 5.33. The molecule has 0 aliphatic carbocycles. The molecule has 1 aliphatic heterocycles. The molecule has 3 heteroatoms. The first-order chi connectivity index (χ1) is 5.34. The van der Waals surface area contributed by atoms with Crippen molar-refractivity contribution in [3.63, 3.8) is 0 Å². The molecule has 0 saturated carbocycles. The first-order valence-corrected chi connectivity index (χ1v) is 3.79. The predicted octanol–water partition coefficient (Wildman–Crippen LogP) is 0.769. The maximum absolute atomic E-state index is 11.0. The number of carbonyl (C=O) groups is 1. The largest absolute Gasteiger partial charge is 0.381 e. The van der Waals surface area contributed by atoms with Gasteiger partial charge in [-0.2, -0.15) is 0 Å². The van der Waals surface area contributed by atoms with Crippen molar-refractivity contribution in [3.8, 4) is 0 Å². The van der Waals surface area contributed by atoms with Crippen LogP contribution < -0.4 is 0 Å². The average molecular weight is 155 g/mol. The van der Waals surface area contributed by atoms with E-state index in [0.717, 1.165) is 13.0 Å². The van der Waals surface area contributed by atoms with Gasteiger partial charge in [-0.25, -0.2) is 0 Å². The zero-order valence-electron chi connectivity index (χ0n) is 6.75. The van der Waals surface area contributed by atoms with Gasteiger partial charge in [-0.05, 0) is 12.5 Å². The molecule has 0 spiro atoms. The minimum atomic E-state index is 0.220. The van der Waals surface area contributed by atoms with Gasteiger partial charge in [0.2, 0.25) is 5.91 Å². The molecule has 1 amide bonds. The molecule has 1 fully saturated rings. The zero-order valence-corrected chi connectivity index (χ0v) is 6.75. The highest BCUT2D eigenvalue weighted by Crippen LogP contribution is 2.09. The van der Waals surface area contributed by atoms with Crippen LogP contribution in [-0.2, 0) is 9.53 Å². The smallest absolute Gasteiger partial charge is 0.226 e. The van der Waals surface area contributed by atoms with Crippen LogP contribution in [0, 0.1) is 0 Å². The van der Waals surface area contributed by atoms with Gasteiger partial charge < -0.3 is 9.64 Å². The number of likely N-dealkylation sites (tertiary alicyclic amines) is 1. The standard InChI is InChI=1S/C8H13NO2/c1-11-7-3-6-9-5-2-4-8(9)10/h3,6H,2,4-5,7H2,1H3/b6-3+. The second kappa shape index (κ2) is 4.13. The van der Waals surface area contributed by atoms with Crippen molar-refractivity contribution in [2.24, 2.45) is 0 Å². The quantitative estimate of drug-likeness (QED) is 0.602. The zero-order chi connectivity index (χ0) is 8.10. The molecule has 0 bridgehead atoms. The van der Waals surface area contributed by atoms with Crippen molar-refractivity contribution in [2.75, 3.05) is 20.3 Å². The summed E-state index contributed by atoms with van der Waals surface area (Å²) >= 11 is 0. The van der Waals surface area contributed by atoms with Crippen LogP contribution in [0.4, 0.5) is 0 Å². The SMILES string of the molecule is COC/C=C/N1CCCC1=O. The lowest BCUT2D eigenvalue weighted by Crippen LogP contribution is -2.17. The predicted molar refractivity (Wildman–Crippen MR) is 42.0 cm³/mol. The third-order valence-corrected chi connectivity index (χ3v) is 1.66. The molecule has 3 nitrogen and oxygen atoms in total. The number of hydrogen-bond acceptors (Lipinski definition) is 2. The van der Waals surface area contributed by atoms with E-state index in [-0.39, 0.29) is 5.91 Å². The van der Waals surface area contributed by atoms with E-state index in [9.17, 15) is 4.79 Å². The molecule has 1 heterocycles. The Balaban J connectivity index is 2.30. The number of ether oxygens (including phenoxy) is 1. The lowest BCUT2D eigenvalue weighted by Gasteiger charge is -2.07. The first-order valence-electron chi connectivity index (χ1n) is 3.79. The molecule has 0 aromatic carbocycles. The molecule has 0 aromatic rings. The number of amides is 1. The first kappa shape index (κ1) is 8.27. The van der Waals surface area contributed by atoms with E-state index >= 15 is 0 Å². The van der Waals surface area contributed by atoms with Gasteiger partial charge in [-0.15, -0.1) is 0 Å². The van der Waals surface area contributed by atoms with E-state index in [4.69, 9.17) is 4.74 Å². The van der Waals surface area contributed by atoms with Gasteiger partial charge in [0.25, 0.3) is 0 Å². The van der Waals surface area contributed by atoms with Gasteiger partial charge in [0.15, 0.2) is 0 Å². The fourth-order valence-corrected chi connectivity index (χ4v) is 1.09. The van der Waals surface area contributed by atoms with Gasteiger partial charge in [-0.3, -0.25) is 4.79 Å². The Bertz CT molecular complexity index is 165. The second-order valence-corrected chi connectivity index (χ2v) is 2.53. The van der Waals surface area contributed by atoms with Gasteiger partial charge >= 0.3 is 0 Å². The Kier molecular flexibility index (Phi) is 3.11. The molecule has 0 atom stereocenters. The fraction of sp³-hybridized carbons (Fsp3) is 0.625. The minimum Gasteiger partial charge on any atom is -0.381 e. The minimum absolute atomic E-state index is 0.220. The van der Waals surface area contributed by atoms with Gasteiger partial charge in [-0.1, -0.05) is 0 Å². The Morgan fingerprint density at radius 3 is 3.09 bits per heavy atom. The monoisotopic (exact) mass is 155 g/mol. The van der Waals surface area contributed by atoms with Crippen molar-refractivity contribution < 1.29 is 9.53 Å². The molecule has 0 N–H and O–H groups in total. The third kappa shape index (κ3) is 2.35. The number of rotatable bonds is 3. The molecule has 1 saturated heterocycles. The Hall–Kier alpha value is -0.830. The van der Waals surface area contributed by atoms with Crippen molar-refractivity contribution in [2.45, 2.75) is 12.8 Å².